The third kappa shape index (κ3) is 3.39. The van der Waals surface area contributed by atoms with Gasteiger partial charge in [0.1, 0.15) is 5.75 Å². The van der Waals surface area contributed by atoms with Gasteiger partial charge in [0.25, 0.3) is 11.8 Å². The van der Waals surface area contributed by atoms with Crippen LogP contribution in [0.1, 0.15) is 33.6 Å². The zero-order chi connectivity index (χ0) is 19.0. The summed E-state index contributed by atoms with van der Waals surface area (Å²) in [6.45, 7) is 0.648. The van der Waals surface area contributed by atoms with Gasteiger partial charge < -0.3 is 15.0 Å². The smallest absolute Gasteiger partial charge is 0.257 e. The summed E-state index contributed by atoms with van der Waals surface area (Å²) in [6, 6.07) is 14.6. The van der Waals surface area contributed by atoms with Gasteiger partial charge in [-0.05, 0) is 49.1 Å². The molecule has 2 aromatic carbocycles. The van der Waals surface area contributed by atoms with Crippen LogP contribution in [0.4, 0.5) is 0 Å². The second-order valence-electron chi connectivity index (χ2n) is 7.13. The highest BCUT2D eigenvalue weighted by molar-refractivity contribution is 6.30. The lowest BCUT2D eigenvalue weighted by Crippen LogP contribution is -2.47. The topological polar surface area (TPSA) is 58.6 Å². The van der Waals surface area contributed by atoms with Gasteiger partial charge in [-0.15, -0.1) is 0 Å². The molecule has 1 saturated heterocycles. The van der Waals surface area contributed by atoms with E-state index in [0.29, 0.717) is 28.4 Å². The normalized spacial score (nSPS) is 23.3. The standard InChI is InChI=1S/C21H21ClN2O3/c1-27-19-10-15(22)7-8-17(19)21(26)24-12-14-9-16(24)11-18(14)23-20(25)13-5-3-2-4-6-13/h2-8,10,14,16,18H,9,11-12H2,1H3,(H,23,25)/t14-,16-,18-/m0/s1. The van der Waals surface area contributed by atoms with Crippen LogP contribution in [0.5, 0.6) is 5.75 Å². The van der Waals surface area contributed by atoms with Crippen molar-refractivity contribution >= 4 is 23.4 Å². The number of benzene rings is 2. The van der Waals surface area contributed by atoms with Crippen molar-refractivity contribution in [2.45, 2.75) is 24.9 Å². The minimum absolute atomic E-state index is 0.0381. The molecule has 0 spiro atoms. The molecule has 5 nitrogen and oxygen atoms in total. The van der Waals surface area contributed by atoms with Crippen LogP contribution in [0.15, 0.2) is 48.5 Å². The predicted molar refractivity (Wildman–Crippen MR) is 103 cm³/mol. The van der Waals surface area contributed by atoms with Gasteiger partial charge in [-0.3, -0.25) is 9.59 Å². The maximum atomic E-state index is 13.0. The fourth-order valence-electron chi connectivity index (χ4n) is 4.22. The van der Waals surface area contributed by atoms with Crippen LogP contribution in [-0.2, 0) is 0 Å². The number of hydrogen-bond donors (Lipinski definition) is 1. The number of carbonyl (C=O) groups is 2. The summed E-state index contributed by atoms with van der Waals surface area (Å²) < 4.78 is 5.32. The fourth-order valence-corrected chi connectivity index (χ4v) is 4.38. The molecular formula is C21H21ClN2O3. The first kappa shape index (κ1) is 17.9. The van der Waals surface area contributed by atoms with Crippen LogP contribution in [0, 0.1) is 5.92 Å². The van der Waals surface area contributed by atoms with Crippen LogP contribution < -0.4 is 10.1 Å². The molecule has 1 aliphatic carbocycles. The van der Waals surface area contributed by atoms with Crippen LogP contribution in [0.2, 0.25) is 5.02 Å². The minimum Gasteiger partial charge on any atom is -0.496 e. The van der Waals surface area contributed by atoms with Crippen molar-refractivity contribution in [2.24, 2.45) is 5.92 Å². The molecule has 1 heterocycles. The molecule has 2 fully saturated rings. The Labute approximate surface area is 163 Å². The van der Waals surface area contributed by atoms with E-state index < -0.39 is 0 Å². The van der Waals surface area contributed by atoms with E-state index >= 15 is 0 Å². The van der Waals surface area contributed by atoms with Crippen molar-refractivity contribution in [1.82, 2.24) is 10.2 Å². The van der Waals surface area contributed by atoms with Gasteiger partial charge in [-0.25, -0.2) is 0 Å². The highest BCUT2D eigenvalue weighted by Gasteiger charge is 2.47. The molecule has 2 bridgehead atoms. The number of nitrogens with zero attached hydrogens (tertiary/aromatic N) is 1. The second kappa shape index (κ2) is 7.24. The van der Waals surface area contributed by atoms with Crippen LogP contribution in [-0.4, -0.2) is 42.5 Å². The Morgan fingerprint density at radius 1 is 1.15 bits per heavy atom. The number of nitrogens with one attached hydrogen (secondary N) is 1. The number of ether oxygens (including phenoxy) is 1. The molecule has 27 heavy (non-hydrogen) atoms. The average molecular weight is 385 g/mol. The first-order valence-electron chi connectivity index (χ1n) is 9.07. The molecule has 2 aliphatic rings. The summed E-state index contributed by atoms with van der Waals surface area (Å²) in [5.41, 5.74) is 1.19. The molecule has 4 rings (SSSR count). The van der Waals surface area contributed by atoms with Crippen molar-refractivity contribution < 1.29 is 14.3 Å². The Balaban J connectivity index is 1.43. The van der Waals surface area contributed by atoms with E-state index in [1.807, 2.05) is 35.2 Å². The number of carbonyl (C=O) groups excluding carboxylic acids is 2. The molecular weight excluding hydrogens is 364 g/mol. The molecule has 140 valence electrons. The summed E-state index contributed by atoms with van der Waals surface area (Å²) in [5.74, 6) is 0.684. The SMILES string of the molecule is COc1cc(Cl)ccc1C(=O)N1C[C@@H]2C[C@H]1C[C@@H]2NC(=O)c1ccccc1. The quantitative estimate of drug-likeness (QED) is 0.879. The van der Waals surface area contributed by atoms with E-state index in [-0.39, 0.29) is 29.8 Å². The first-order valence-corrected chi connectivity index (χ1v) is 9.45. The third-order valence-corrected chi connectivity index (χ3v) is 5.78. The number of fused-ring (bicyclic) bond motifs is 2. The van der Waals surface area contributed by atoms with E-state index in [0.717, 1.165) is 12.8 Å². The maximum absolute atomic E-state index is 13.0. The number of halogens is 1. The lowest BCUT2D eigenvalue weighted by Gasteiger charge is -2.32. The van der Waals surface area contributed by atoms with E-state index in [2.05, 4.69) is 5.32 Å². The Hall–Kier alpha value is -2.53. The highest BCUT2D eigenvalue weighted by atomic mass is 35.5. The Kier molecular flexibility index (Phi) is 4.79. The van der Waals surface area contributed by atoms with Crippen LogP contribution in [0.3, 0.4) is 0 Å². The molecule has 0 aromatic heterocycles. The Bertz CT molecular complexity index is 871. The zero-order valence-electron chi connectivity index (χ0n) is 15.0. The Morgan fingerprint density at radius 3 is 2.59 bits per heavy atom. The van der Waals surface area contributed by atoms with Crippen molar-refractivity contribution in [1.29, 1.82) is 0 Å². The number of rotatable bonds is 4. The van der Waals surface area contributed by atoms with Crippen LogP contribution in [0.25, 0.3) is 0 Å². The van der Waals surface area contributed by atoms with Gasteiger partial charge in [0.15, 0.2) is 0 Å². The summed E-state index contributed by atoms with van der Waals surface area (Å²) in [5, 5.41) is 3.67. The van der Waals surface area contributed by atoms with E-state index in [1.54, 1.807) is 18.2 Å². The lowest BCUT2D eigenvalue weighted by molar-refractivity contribution is 0.0676. The van der Waals surface area contributed by atoms with Crippen molar-refractivity contribution in [3.63, 3.8) is 0 Å². The average Bonchev–Trinajstić information content (AvgIpc) is 3.28. The van der Waals surface area contributed by atoms with Gasteiger partial charge in [0, 0.05) is 29.2 Å². The molecule has 1 aliphatic heterocycles. The van der Waals surface area contributed by atoms with Crippen molar-refractivity contribution in [3.8, 4) is 5.75 Å². The number of methoxy groups -OCH3 is 1. The number of likely N-dealkylation sites (tertiary alicyclic amines) is 1. The molecule has 3 atom stereocenters. The molecule has 0 radical (unpaired) electrons. The molecule has 1 N–H and O–H groups in total. The maximum Gasteiger partial charge on any atom is 0.257 e. The van der Waals surface area contributed by atoms with E-state index in [1.165, 1.54) is 7.11 Å². The van der Waals surface area contributed by atoms with E-state index in [4.69, 9.17) is 16.3 Å². The largest absolute Gasteiger partial charge is 0.496 e. The molecule has 6 heteroatoms. The monoisotopic (exact) mass is 384 g/mol. The number of piperidine rings is 1. The summed E-state index contributed by atoms with van der Waals surface area (Å²) in [6.07, 6.45) is 1.70. The molecule has 2 amide bonds. The van der Waals surface area contributed by atoms with Crippen molar-refractivity contribution in [3.05, 3.63) is 64.7 Å². The minimum atomic E-state index is -0.0506. The predicted octanol–water partition coefficient (Wildman–Crippen LogP) is 3.38. The molecule has 1 saturated carbocycles. The Morgan fingerprint density at radius 2 is 1.93 bits per heavy atom. The number of amides is 2. The summed E-state index contributed by atoms with van der Waals surface area (Å²) >= 11 is 6.00. The third-order valence-electron chi connectivity index (χ3n) is 5.55. The lowest BCUT2D eigenvalue weighted by atomic mass is 10.0. The van der Waals surface area contributed by atoms with Crippen molar-refractivity contribution in [2.75, 3.05) is 13.7 Å². The van der Waals surface area contributed by atoms with Gasteiger partial charge in [-0.2, -0.15) is 0 Å². The van der Waals surface area contributed by atoms with E-state index in [9.17, 15) is 9.59 Å². The second-order valence-corrected chi connectivity index (χ2v) is 7.57. The fraction of sp³-hybridized carbons (Fsp3) is 0.333. The number of hydrogen-bond acceptors (Lipinski definition) is 3. The van der Waals surface area contributed by atoms with Gasteiger partial charge in [0.05, 0.1) is 12.7 Å². The molecule has 0 unspecified atom stereocenters. The molecule has 2 aromatic rings. The first-order chi connectivity index (χ1) is 13.1. The summed E-state index contributed by atoms with van der Waals surface area (Å²) in [7, 11) is 1.54. The van der Waals surface area contributed by atoms with Gasteiger partial charge in [0.2, 0.25) is 0 Å². The zero-order valence-corrected chi connectivity index (χ0v) is 15.8. The highest BCUT2D eigenvalue weighted by Crippen LogP contribution is 2.39. The van der Waals surface area contributed by atoms with Gasteiger partial charge >= 0.3 is 0 Å². The van der Waals surface area contributed by atoms with Gasteiger partial charge in [-0.1, -0.05) is 29.8 Å². The summed E-state index contributed by atoms with van der Waals surface area (Å²) in [4.78, 5) is 27.3. The van der Waals surface area contributed by atoms with Crippen LogP contribution >= 0.6 is 11.6 Å².